The topological polar surface area (TPSA) is 36.8 Å². The summed E-state index contributed by atoms with van der Waals surface area (Å²) in [6, 6.07) is 38.5. The molecule has 6 nitrogen and oxygen atoms in total. The van der Waals surface area contributed by atoms with Crippen LogP contribution in [0, 0.1) is 18.8 Å². The average molecular weight is 858 g/mol. The van der Waals surface area contributed by atoms with Crippen LogP contribution in [0.5, 0.6) is 11.5 Å². The van der Waals surface area contributed by atoms with E-state index in [-0.39, 0.29) is 33.3 Å². The molecule has 0 saturated carbocycles. The van der Waals surface area contributed by atoms with Crippen molar-refractivity contribution in [2.24, 2.45) is 0 Å². The Hall–Kier alpha value is -5.26. The van der Waals surface area contributed by atoms with Crippen molar-refractivity contribution >= 4 is 45.7 Å². The number of nitrogens with zero attached hydrogens (tertiary/aromatic N) is 5. The molecule has 0 atom stereocenters. The second-order valence-corrected chi connectivity index (χ2v) is 14.4. The average Bonchev–Trinajstić information content (AvgIpc) is 3.67. The molecule has 0 bridgehead atoms. The van der Waals surface area contributed by atoms with Gasteiger partial charge in [-0.3, -0.25) is 0 Å². The van der Waals surface area contributed by atoms with E-state index in [0.717, 1.165) is 50.5 Å². The minimum atomic E-state index is -0.00771. The fourth-order valence-electron chi connectivity index (χ4n) is 7.29. The summed E-state index contributed by atoms with van der Waals surface area (Å²) in [7, 11) is 0. The number of anilines is 3. The monoisotopic (exact) mass is 857 g/mol. The molecule has 0 radical (unpaired) electrons. The summed E-state index contributed by atoms with van der Waals surface area (Å²) in [6.45, 7) is 13.3. The summed E-state index contributed by atoms with van der Waals surface area (Å²) in [4.78, 5) is 11.6. The van der Waals surface area contributed by atoms with Crippen LogP contribution in [0.2, 0.25) is 0 Å². The van der Waals surface area contributed by atoms with Gasteiger partial charge in [0.05, 0.1) is 5.82 Å². The fraction of sp³-hybridized carbons (Fsp3) is 0.136. The van der Waals surface area contributed by atoms with Crippen molar-refractivity contribution in [1.29, 1.82) is 0 Å². The number of benzene rings is 4. The zero-order valence-corrected chi connectivity index (χ0v) is 32.0. The Morgan fingerprint density at radius 1 is 0.769 bits per heavy atom. The van der Waals surface area contributed by atoms with E-state index >= 15 is 0 Å². The van der Waals surface area contributed by atoms with E-state index in [9.17, 15) is 0 Å². The first kappa shape index (κ1) is 33.9. The first-order valence-corrected chi connectivity index (χ1v) is 17.4. The number of ether oxygens (including phenoxy) is 1. The summed E-state index contributed by atoms with van der Waals surface area (Å²) in [5, 5.41) is 2.25. The van der Waals surface area contributed by atoms with Crippen LogP contribution in [0.4, 0.5) is 17.1 Å². The van der Waals surface area contributed by atoms with Crippen LogP contribution in [-0.4, -0.2) is 21.2 Å². The van der Waals surface area contributed by atoms with Gasteiger partial charge in [0.15, 0.2) is 0 Å². The van der Waals surface area contributed by atoms with E-state index in [4.69, 9.17) is 9.72 Å². The van der Waals surface area contributed by atoms with Gasteiger partial charge in [0.2, 0.25) is 0 Å². The van der Waals surface area contributed by atoms with Gasteiger partial charge in [0.1, 0.15) is 5.82 Å². The van der Waals surface area contributed by atoms with Gasteiger partial charge >= 0.3 is 6.85 Å². The molecule has 3 aliphatic rings. The third-order valence-electron chi connectivity index (χ3n) is 9.85. The Balaban J connectivity index is 0.00000387. The number of hydrogen-bond acceptors (Lipinski definition) is 5. The number of para-hydroxylation sites is 3. The molecule has 0 fully saturated rings. The molecule has 2 aromatic heterocycles. The van der Waals surface area contributed by atoms with Crippen LogP contribution >= 0.6 is 0 Å². The molecule has 0 unspecified atom stereocenters. The van der Waals surface area contributed by atoms with Gasteiger partial charge in [-0.25, -0.2) is 4.98 Å². The number of rotatable bonds is 5. The predicted molar refractivity (Wildman–Crippen MR) is 209 cm³/mol. The van der Waals surface area contributed by atoms with Gasteiger partial charge < -0.3 is 23.9 Å². The smallest absolute Gasteiger partial charge is 0.313 e. The van der Waals surface area contributed by atoms with Crippen molar-refractivity contribution in [3.05, 3.63) is 169 Å². The van der Waals surface area contributed by atoms with Crippen molar-refractivity contribution in [1.82, 2.24) is 14.4 Å². The standard InChI is InChI=1S/C44H37BN5O.Pt/c1-30-19-22-45-23-20-31(2)43(49(45)28-30)48-29-47(39-15-8-9-16-40(39)48)33-11-10-12-34(26-33)51-35-17-18-37-36-13-6-7-14-38(36)50(41(37)27-35)42-25-32(21-24-46-42)44(3,4)5;/h6-25,28-29H,1-5H3;/q-3;. The SMILES string of the molecule is CC1=CN2B(C=C1)C=CC(C)=C2N1[CH-]N(c2[c-]c(Oc3[c-]c4c(cc3)c3ccccc3n4-c3cc(C(C)(C)C)ccn3)ccc2)c2ccccc21.[Pt]. The van der Waals surface area contributed by atoms with Gasteiger partial charge in [-0.1, -0.05) is 80.7 Å². The van der Waals surface area contributed by atoms with Crippen LogP contribution in [0.3, 0.4) is 0 Å². The largest absolute Gasteiger partial charge is 0.509 e. The van der Waals surface area contributed by atoms with E-state index in [1.165, 1.54) is 16.7 Å². The minimum absolute atomic E-state index is 0. The summed E-state index contributed by atoms with van der Waals surface area (Å²) in [5.41, 5.74) is 8.70. The van der Waals surface area contributed by atoms with Gasteiger partial charge in [-0.15, -0.1) is 48.1 Å². The van der Waals surface area contributed by atoms with Crippen molar-refractivity contribution in [3.63, 3.8) is 0 Å². The first-order valence-electron chi connectivity index (χ1n) is 17.4. The molecule has 0 spiro atoms. The Labute approximate surface area is 320 Å². The molecule has 0 saturated heterocycles. The van der Waals surface area contributed by atoms with Gasteiger partial charge in [-0.2, -0.15) is 12.1 Å². The fourth-order valence-corrected chi connectivity index (χ4v) is 7.29. The Morgan fingerprint density at radius 2 is 1.52 bits per heavy atom. The van der Waals surface area contributed by atoms with E-state index in [2.05, 4.69) is 176 Å². The van der Waals surface area contributed by atoms with Crippen molar-refractivity contribution in [2.45, 2.75) is 40.0 Å². The maximum absolute atomic E-state index is 6.54. The van der Waals surface area contributed by atoms with Crippen LogP contribution in [0.15, 0.2) is 144 Å². The van der Waals surface area contributed by atoms with Crippen LogP contribution < -0.4 is 14.5 Å². The van der Waals surface area contributed by atoms with Gasteiger partial charge in [0, 0.05) is 55.7 Å². The molecule has 5 heterocycles. The number of aromatic nitrogens is 2. The van der Waals surface area contributed by atoms with Crippen LogP contribution in [0.1, 0.15) is 40.2 Å². The quantitative estimate of drug-likeness (QED) is 0.128. The van der Waals surface area contributed by atoms with Crippen LogP contribution in [-0.2, 0) is 26.5 Å². The summed E-state index contributed by atoms with van der Waals surface area (Å²) >= 11 is 0. The predicted octanol–water partition coefficient (Wildman–Crippen LogP) is 10.6. The second-order valence-electron chi connectivity index (χ2n) is 14.4. The molecule has 0 aliphatic carbocycles. The molecule has 8 heteroatoms. The zero-order valence-electron chi connectivity index (χ0n) is 29.7. The molecule has 3 aliphatic heterocycles. The van der Waals surface area contributed by atoms with E-state index in [0.29, 0.717) is 11.5 Å². The second kappa shape index (κ2) is 13.1. The Kier molecular flexibility index (Phi) is 8.50. The van der Waals surface area contributed by atoms with E-state index in [1.807, 2.05) is 24.4 Å². The molecule has 9 rings (SSSR count). The summed E-state index contributed by atoms with van der Waals surface area (Å²) in [5.74, 6) is 7.72. The molecular weight excluding hydrogens is 820 g/mol. The number of fused-ring (bicyclic) bond motifs is 5. The third kappa shape index (κ3) is 5.78. The normalized spacial score (nSPS) is 15.3. The first-order chi connectivity index (χ1) is 24.7. The maximum Gasteiger partial charge on any atom is 0.313 e. The number of allylic oxidation sites excluding steroid dienone is 4. The Morgan fingerprint density at radius 3 is 2.35 bits per heavy atom. The zero-order chi connectivity index (χ0) is 34.9. The van der Waals surface area contributed by atoms with E-state index in [1.54, 1.807) is 0 Å². The van der Waals surface area contributed by atoms with Crippen molar-refractivity contribution in [2.75, 3.05) is 9.80 Å². The molecular formula is C44H37BN5OPt-3. The van der Waals surface area contributed by atoms with Gasteiger partial charge in [0.25, 0.3) is 0 Å². The van der Waals surface area contributed by atoms with Gasteiger partial charge in [-0.05, 0) is 77.9 Å². The van der Waals surface area contributed by atoms with Crippen molar-refractivity contribution in [3.8, 4) is 17.3 Å². The van der Waals surface area contributed by atoms with E-state index < -0.39 is 0 Å². The maximum atomic E-state index is 6.54. The minimum Gasteiger partial charge on any atom is -0.509 e. The third-order valence-corrected chi connectivity index (χ3v) is 9.85. The molecule has 4 aromatic carbocycles. The number of hydrogen-bond donors (Lipinski definition) is 0. The Bertz CT molecular complexity index is 2490. The van der Waals surface area contributed by atoms with Crippen molar-refractivity contribution < 1.29 is 25.8 Å². The van der Waals surface area contributed by atoms with Crippen LogP contribution in [0.25, 0.3) is 27.6 Å². The molecule has 0 amide bonds. The number of pyridine rings is 1. The summed E-state index contributed by atoms with van der Waals surface area (Å²) < 4.78 is 8.73. The summed E-state index contributed by atoms with van der Waals surface area (Å²) in [6.07, 6.45) is 8.54. The molecule has 260 valence electrons. The molecule has 0 N–H and O–H groups in total. The molecule has 52 heavy (non-hydrogen) atoms. The molecule has 6 aromatic rings.